The highest BCUT2D eigenvalue weighted by molar-refractivity contribution is 5.95. The standard InChI is InChI=1S/C33H40N6O3/c1-5-6-26-20-30(39-29(36-26)17-18-35-39)37-27-15-16-28(19-27)38-31(40)25-13-11-24(12-14-25)23-9-7-22(8-10-23)21-34-32(41)42-33(2,3)4/h7-14,17-18,20,27-28,37H,5-6,15-16,19,21H2,1-4H3,(H,34,41)(H,38,40)/t27-,28-/m1/s1. The Morgan fingerprint density at radius 1 is 0.976 bits per heavy atom. The Balaban J connectivity index is 1.13. The summed E-state index contributed by atoms with van der Waals surface area (Å²) in [4.78, 5) is 29.6. The predicted octanol–water partition coefficient (Wildman–Crippen LogP) is 6.14. The van der Waals surface area contributed by atoms with Gasteiger partial charge in [0, 0.05) is 42.0 Å². The van der Waals surface area contributed by atoms with Gasteiger partial charge >= 0.3 is 6.09 Å². The third kappa shape index (κ3) is 7.46. The summed E-state index contributed by atoms with van der Waals surface area (Å²) in [5.74, 6) is 0.896. The first-order chi connectivity index (χ1) is 20.2. The number of rotatable bonds is 9. The number of aromatic nitrogens is 3. The first-order valence-corrected chi connectivity index (χ1v) is 14.7. The zero-order chi connectivity index (χ0) is 29.7. The van der Waals surface area contributed by atoms with Crippen LogP contribution in [0.1, 0.15) is 75.0 Å². The van der Waals surface area contributed by atoms with E-state index in [0.29, 0.717) is 12.1 Å². The number of ether oxygens (including phenoxy) is 1. The van der Waals surface area contributed by atoms with Gasteiger partial charge in [-0.05, 0) is 75.3 Å². The number of benzene rings is 2. The average Bonchev–Trinajstić information content (AvgIpc) is 3.61. The minimum absolute atomic E-state index is 0.0561. The Kier molecular flexibility index (Phi) is 8.75. The van der Waals surface area contributed by atoms with Crippen molar-refractivity contribution in [1.29, 1.82) is 0 Å². The summed E-state index contributed by atoms with van der Waals surface area (Å²) in [5.41, 5.74) is 5.06. The van der Waals surface area contributed by atoms with Crippen molar-refractivity contribution in [3.63, 3.8) is 0 Å². The van der Waals surface area contributed by atoms with Crippen LogP contribution in [0.15, 0.2) is 66.9 Å². The topological polar surface area (TPSA) is 110 Å². The van der Waals surface area contributed by atoms with Crippen molar-refractivity contribution in [2.24, 2.45) is 0 Å². The molecule has 0 spiro atoms. The van der Waals surface area contributed by atoms with Gasteiger partial charge in [-0.3, -0.25) is 4.79 Å². The molecule has 2 aromatic heterocycles. The van der Waals surface area contributed by atoms with Crippen LogP contribution in [-0.4, -0.2) is 44.3 Å². The zero-order valence-corrected chi connectivity index (χ0v) is 24.8. The molecule has 0 bridgehead atoms. The van der Waals surface area contributed by atoms with Crippen molar-refractivity contribution in [1.82, 2.24) is 25.2 Å². The monoisotopic (exact) mass is 568 g/mol. The predicted molar refractivity (Wildman–Crippen MR) is 164 cm³/mol. The van der Waals surface area contributed by atoms with E-state index in [1.807, 2.05) is 79.9 Å². The fourth-order valence-electron chi connectivity index (χ4n) is 5.29. The molecule has 0 unspecified atom stereocenters. The SMILES string of the molecule is CCCc1cc(N[C@@H]2CC[C@@H](NC(=O)c3ccc(-c4ccc(CNC(=O)OC(C)(C)C)cc4)cc3)C2)n2nccc2n1. The zero-order valence-electron chi connectivity index (χ0n) is 24.8. The lowest BCUT2D eigenvalue weighted by molar-refractivity contribution is 0.0523. The van der Waals surface area contributed by atoms with Crippen LogP contribution >= 0.6 is 0 Å². The van der Waals surface area contributed by atoms with E-state index in [4.69, 9.17) is 4.74 Å². The maximum atomic E-state index is 13.0. The lowest BCUT2D eigenvalue weighted by atomic mass is 10.0. The average molecular weight is 569 g/mol. The maximum Gasteiger partial charge on any atom is 0.407 e. The molecular formula is C33H40N6O3. The highest BCUT2D eigenvalue weighted by Gasteiger charge is 2.27. The van der Waals surface area contributed by atoms with Gasteiger partial charge in [0.05, 0.1) is 6.20 Å². The number of alkyl carbamates (subject to hydrolysis) is 1. The van der Waals surface area contributed by atoms with E-state index in [-0.39, 0.29) is 18.0 Å². The first kappa shape index (κ1) is 29.1. The number of aryl methyl sites for hydroxylation is 1. The van der Waals surface area contributed by atoms with Crippen LogP contribution in [-0.2, 0) is 17.7 Å². The Labute approximate surface area is 247 Å². The number of amides is 2. The number of nitrogens with zero attached hydrogens (tertiary/aromatic N) is 3. The summed E-state index contributed by atoms with van der Waals surface area (Å²) < 4.78 is 7.13. The number of hydrogen-bond acceptors (Lipinski definition) is 6. The van der Waals surface area contributed by atoms with E-state index in [2.05, 4.69) is 39.0 Å². The lowest BCUT2D eigenvalue weighted by Gasteiger charge is -2.19. The summed E-state index contributed by atoms with van der Waals surface area (Å²) in [6.45, 7) is 8.06. The molecule has 1 fully saturated rings. The number of fused-ring (bicyclic) bond motifs is 1. The van der Waals surface area contributed by atoms with E-state index in [0.717, 1.165) is 66.0 Å². The smallest absolute Gasteiger partial charge is 0.407 e. The molecule has 2 atom stereocenters. The van der Waals surface area contributed by atoms with Crippen LogP contribution < -0.4 is 16.0 Å². The molecule has 5 rings (SSSR count). The number of carbonyl (C=O) groups excluding carboxylic acids is 2. The molecule has 220 valence electrons. The van der Waals surface area contributed by atoms with Crippen LogP contribution in [0.5, 0.6) is 0 Å². The normalized spacial score (nSPS) is 16.8. The number of nitrogens with one attached hydrogen (secondary N) is 3. The number of hydrogen-bond donors (Lipinski definition) is 3. The van der Waals surface area contributed by atoms with Crippen LogP contribution in [0.25, 0.3) is 16.8 Å². The van der Waals surface area contributed by atoms with Gasteiger partial charge < -0.3 is 20.7 Å². The molecular weight excluding hydrogens is 528 g/mol. The van der Waals surface area contributed by atoms with Crippen molar-refractivity contribution in [2.45, 2.75) is 84.0 Å². The molecule has 1 aliphatic carbocycles. The Hall–Kier alpha value is -4.40. The summed E-state index contributed by atoms with van der Waals surface area (Å²) in [5, 5.41) is 14.1. The molecule has 2 amide bonds. The van der Waals surface area contributed by atoms with Crippen molar-refractivity contribution in [3.05, 3.63) is 83.7 Å². The molecule has 0 radical (unpaired) electrons. The first-order valence-electron chi connectivity index (χ1n) is 14.7. The Morgan fingerprint density at radius 2 is 1.67 bits per heavy atom. The summed E-state index contributed by atoms with van der Waals surface area (Å²) >= 11 is 0. The lowest BCUT2D eigenvalue weighted by Crippen LogP contribution is -2.34. The number of carbonyl (C=O) groups is 2. The maximum absolute atomic E-state index is 13.0. The molecule has 2 aromatic carbocycles. The van der Waals surface area contributed by atoms with Gasteiger partial charge in [-0.15, -0.1) is 0 Å². The number of anilines is 1. The van der Waals surface area contributed by atoms with Crippen molar-refractivity contribution in [3.8, 4) is 11.1 Å². The molecule has 0 saturated heterocycles. The van der Waals surface area contributed by atoms with Crippen molar-refractivity contribution < 1.29 is 14.3 Å². The minimum Gasteiger partial charge on any atom is -0.444 e. The Bertz CT molecular complexity index is 1520. The van der Waals surface area contributed by atoms with Crippen molar-refractivity contribution in [2.75, 3.05) is 5.32 Å². The largest absolute Gasteiger partial charge is 0.444 e. The van der Waals surface area contributed by atoms with Gasteiger partial charge in [-0.1, -0.05) is 49.7 Å². The van der Waals surface area contributed by atoms with Gasteiger partial charge in [0.2, 0.25) is 0 Å². The summed E-state index contributed by atoms with van der Waals surface area (Å²) in [6.07, 6.45) is 6.05. The highest BCUT2D eigenvalue weighted by Crippen LogP contribution is 2.25. The molecule has 1 saturated carbocycles. The van der Waals surface area contributed by atoms with Crippen LogP contribution in [0.4, 0.5) is 10.6 Å². The van der Waals surface area contributed by atoms with Crippen LogP contribution in [0, 0.1) is 0 Å². The van der Waals surface area contributed by atoms with Gasteiger partial charge in [0.25, 0.3) is 5.91 Å². The second-order valence-electron chi connectivity index (χ2n) is 11.9. The van der Waals surface area contributed by atoms with Crippen molar-refractivity contribution >= 4 is 23.5 Å². The minimum atomic E-state index is -0.527. The van der Waals surface area contributed by atoms with Gasteiger partial charge in [0.1, 0.15) is 11.4 Å². The van der Waals surface area contributed by atoms with Gasteiger partial charge in [-0.25, -0.2) is 9.78 Å². The fraction of sp³-hybridized carbons (Fsp3) is 0.394. The quantitative estimate of drug-likeness (QED) is 0.224. The van der Waals surface area contributed by atoms with Gasteiger partial charge in [0.15, 0.2) is 5.65 Å². The van der Waals surface area contributed by atoms with E-state index >= 15 is 0 Å². The van der Waals surface area contributed by atoms with E-state index in [1.54, 1.807) is 6.20 Å². The van der Waals surface area contributed by atoms with E-state index < -0.39 is 11.7 Å². The molecule has 2 heterocycles. The highest BCUT2D eigenvalue weighted by atomic mass is 16.6. The second kappa shape index (κ2) is 12.6. The van der Waals surface area contributed by atoms with Gasteiger partial charge in [-0.2, -0.15) is 9.61 Å². The molecule has 9 nitrogen and oxygen atoms in total. The fourth-order valence-corrected chi connectivity index (χ4v) is 5.29. The molecule has 3 N–H and O–H groups in total. The molecule has 4 aromatic rings. The van der Waals surface area contributed by atoms with Crippen LogP contribution in [0.2, 0.25) is 0 Å². The summed E-state index contributed by atoms with van der Waals surface area (Å²) in [7, 11) is 0. The molecule has 42 heavy (non-hydrogen) atoms. The molecule has 9 heteroatoms. The second-order valence-corrected chi connectivity index (χ2v) is 11.9. The van der Waals surface area contributed by atoms with Crippen LogP contribution in [0.3, 0.4) is 0 Å². The third-order valence-electron chi connectivity index (χ3n) is 7.31. The third-order valence-corrected chi connectivity index (χ3v) is 7.31. The Morgan fingerprint density at radius 3 is 2.36 bits per heavy atom. The molecule has 1 aliphatic rings. The van der Waals surface area contributed by atoms with E-state index in [9.17, 15) is 9.59 Å². The summed E-state index contributed by atoms with van der Waals surface area (Å²) in [6, 6.07) is 20.0. The molecule has 0 aliphatic heterocycles. The van der Waals surface area contributed by atoms with E-state index in [1.165, 1.54) is 0 Å².